The maximum atomic E-state index is 10.3. The van der Waals surface area contributed by atoms with E-state index in [-0.39, 0.29) is 0 Å². The van der Waals surface area contributed by atoms with E-state index in [0.29, 0.717) is 12.8 Å². The lowest BCUT2D eigenvalue weighted by atomic mass is 10.0. The van der Waals surface area contributed by atoms with Crippen LogP contribution in [0.3, 0.4) is 0 Å². The van der Waals surface area contributed by atoms with Crippen molar-refractivity contribution in [2.45, 2.75) is 45.8 Å². The van der Waals surface area contributed by atoms with Crippen molar-refractivity contribution in [3.8, 4) is 0 Å². The molecule has 1 aromatic heterocycles. The van der Waals surface area contributed by atoms with Gasteiger partial charge in [0.25, 0.3) is 0 Å². The van der Waals surface area contributed by atoms with Gasteiger partial charge in [-0.15, -0.1) is 0 Å². The molecule has 0 radical (unpaired) electrons. The van der Waals surface area contributed by atoms with E-state index in [4.69, 9.17) is 11.6 Å². The number of rotatable bonds is 6. The molecule has 2 rings (SSSR count). The van der Waals surface area contributed by atoms with Crippen LogP contribution in [0.25, 0.3) is 0 Å². The Balaban J connectivity index is 2.02. The van der Waals surface area contributed by atoms with Crippen molar-refractivity contribution in [2.24, 2.45) is 0 Å². The van der Waals surface area contributed by atoms with Crippen LogP contribution in [0.15, 0.2) is 30.3 Å². The molecule has 0 spiro atoms. The van der Waals surface area contributed by atoms with Crippen LogP contribution in [-0.4, -0.2) is 21.0 Å². The molecule has 1 heterocycles. The van der Waals surface area contributed by atoms with Gasteiger partial charge in [-0.05, 0) is 43.5 Å². The Morgan fingerprint density at radius 1 is 1.20 bits per heavy atom. The van der Waals surface area contributed by atoms with Crippen molar-refractivity contribution in [3.63, 3.8) is 0 Å². The molecule has 4 heteroatoms. The zero-order valence-electron chi connectivity index (χ0n) is 12.0. The normalized spacial score (nSPS) is 12.6. The third kappa shape index (κ3) is 3.84. The highest BCUT2D eigenvalue weighted by molar-refractivity contribution is 6.30. The Labute approximate surface area is 125 Å². The molecule has 0 aliphatic carbocycles. The molecule has 3 nitrogen and oxygen atoms in total. The number of halogens is 1. The van der Waals surface area contributed by atoms with E-state index in [1.54, 1.807) is 0 Å². The molecule has 1 N–H and O–H groups in total. The maximum Gasteiger partial charge on any atom is 0.0635 e. The molecule has 1 atom stereocenters. The van der Waals surface area contributed by atoms with Gasteiger partial charge >= 0.3 is 0 Å². The monoisotopic (exact) mass is 292 g/mol. The van der Waals surface area contributed by atoms with E-state index >= 15 is 0 Å². The van der Waals surface area contributed by atoms with Crippen LogP contribution >= 0.6 is 11.6 Å². The van der Waals surface area contributed by atoms with Gasteiger partial charge in [0.1, 0.15) is 0 Å². The molecule has 0 aliphatic rings. The molecule has 0 amide bonds. The SMILES string of the molecule is CCc1cc(CC(O)Cc2ccc(Cl)cc2)n(CC)n1. The first kappa shape index (κ1) is 15.1. The predicted octanol–water partition coefficient (Wildman–Crippen LogP) is 3.26. The number of aryl methyl sites for hydroxylation is 2. The first-order valence-electron chi connectivity index (χ1n) is 7.10. The Bertz CT molecular complexity index is 548. The van der Waals surface area contributed by atoms with Crippen molar-refractivity contribution in [3.05, 3.63) is 52.3 Å². The summed E-state index contributed by atoms with van der Waals surface area (Å²) in [5, 5.41) is 15.5. The van der Waals surface area contributed by atoms with Gasteiger partial charge < -0.3 is 5.11 Å². The van der Waals surface area contributed by atoms with E-state index in [1.807, 2.05) is 28.9 Å². The molecule has 1 unspecified atom stereocenters. The minimum absolute atomic E-state index is 0.400. The molecule has 0 bridgehead atoms. The van der Waals surface area contributed by atoms with Crippen molar-refractivity contribution < 1.29 is 5.11 Å². The van der Waals surface area contributed by atoms with Gasteiger partial charge in [0.05, 0.1) is 11.8 Å². The highest BCUT2D eigenvalue weighted by Crippen LogP contribution is 2.14. The van der Waals surface area contributed by atoms with Crippen LogP contribution < -0.4 is 0 Å². The summed E-state index contributed by atoms with van der Waals surface area (Å²) in [6, 6.07) is 9.72. The Kier molecular flexibility index (Phi) is 5.21. The Morgan fingerprint density at radius 2 is 1.90 bits per heavy atom. The third-order valence-corrected chi connectivity index (χ3v) is 3.66. The van der Waals surface area contributed by atoms with Crippen molar-refractivity contribution >= 4 is 11.6 Å². The summed E-state index contributed by atoms with van der Waals surface area (Å²) in [6.07, 6.45) is 1.78. The molecular formula is C16H21ClN2O. The summed E-state index contributed by atoms with van der Waals surface area (Å²) in [5.74, 6) is 0. The van der Waals surface area contributed by atoms with E-state index in [9.17, 15) is 5.11 Å². The molecule has 20 heavy (non-hydrogen) atoms. The number of aliphatic hydroxyl groups is 1. The van der Waals surface area contributed by atoms with Crippen LogP contribution in [0.1, 0.15) is 30.8 Å². The number of hydrogen-bond acceptors (Lipinski definition) is 2. The lowest BCUT2D eigenvalue weighted by Gasteiger charge is -2.11. The summed E-state index contributed by atoms with van der Waals surface area (Å²) in [7, 11) is 0. The highest BCUT2D eigenvalue weighted by Gasteiger charge is 2.12. The minimum atomic E-state index is -0.400. The molecule has 0 fully saturated rings. The fourth-order valence-electron chi connectivity index (χ4n) is 2.33. The fraction of sp³-hybridized carbons (Fsp3) is 0.438. The number of benzene rings is 1. The summed E-state index contributed by atoms with van der Waals surface area (Å²) in [5.41, 5.74) is 3.28. The maximum absolute atomic E-state index is 10.3. The first-order chi connectivity index (χ1) is 9.62. The largest absolute Gasteiger partial charge is 0.392 e. The predicted molar refractivity (Wildman–Crippen MR) is 82.1 cm³/mol. The van der Waals surface area contributed by atoms with Crippen LogP contribution in [0, 0.1) is 0 Å². The average molecular weight is 293 g/mol. The molecule has 0 saturated carbocycles. The fourth-order valence-corrected chi connectivity index (χ4v) is 2.46. The second kappa shape index (κ2) is 6.91. The number of nitrogens with zero attached hydrogens (tertiary/aromatic N) is 2. The topological polar surface area (TPSA) is 38.0 Å². The van der Waals surface area contributed by atoms with Gasteiger partial charge in [0.15, 0.2) is 0 Å². The zero-order valence-corrected chi connectivity index (χ0v) is 12.8. The van der Waals surface area contributed by atoms with Crippen LogP contribution in [0.4, 0.5) is 0 Å². The van der Waals surface area contributed by atoms with Gasteiger partial charge in [-0.3, -0.25) is 4.68 Å². The van der Waals surface area contributed by atoms with Gasteiger partial charge in [0.2, 0.25) is 0 Å². The van der Waals surface area contributed by atoms with Gasteiger partial charge in [-0.1, -0.05) is 30.7 Å². The smallest absolute Gasteiger partial charge is 0.0635 e. The number of aliphatic hydroxyl groups excluding tert-OH is 1. The lowest BCUT2D eigenvalue weighted by molar-refractivity contribution is 0.172. The molecule has 0 saturated heterocycles. The minimum Gasteiger partial charge on any atom is -0.392 e. The van der Waals surface area contributed by atoms with E-state index in [0.717, 1.165) is 34.9 Å². The van der Waals surface area contributed by atoms with Crippen LogP contribution in [0.2, 0.25) is 5.02 Å². The first-order valence-corrected chi connectivity index (χ1v) is 7.48. The van der Waals surface area contributed by atoms with Crippen molar-refractivity contribution in [2.75, 3.05) is 0 Å². The molecule has 1 aromatic carbocycles. The number of hydrogen-bond donors (Lipinski definition) is 1. The molecular weight excluding hydrogens is 272 g/mol. The molecule has 2 aromatic rings. The highest BCUT2D eigenvalue weighted by atomic mass is 35.5. The van der Waals surface area contributed by atoms with E-state index in [1.165, 1.54) is 0 Å². The van der Waals surface area contributed by atoms with Gasteiger partial charge in [-0.2, -0.15) is 5.10 Å². The second-order valence-corrected chi connectivity index (χ2v) is 5.42. The van der Waals surface area contributed by atoms with E-state index < -0.39 is 6.10 Å². The average Bonchev–Trinajstić information content (AvgIpc) is 2.83. The van der Waals surface area contributed by atoms with Crippen molar-refractivity contribution in [1.29, 1.82) is 0 Å². The summed E-state index contributed by atoms with van der Waals surface area (Å²) in [6.45, 7) is 5.00. The Hall–Kier alpha value is -1.32. The van der Waals surface area contributed by atoms with Crippen LogP contribution in [0.5, 0.6) is 0 Å². The van der Waals surface area contributed by atoms with Gasteiger partial charge in [-0.25, -0.2) is 0 Å². The number of aromatic nitrogens is 2. The Morgan fingerprint density at radius 3 is 2.50 bits per heavy atom. The third-order valence-electron chi connectivity index (χ3n) is 3.41. The summed E-state index contributed by atoms with van der Waals surface area (Å²) >= 11 is 5.86. The molecule has 0 aliphatic heterocycles. The van der Waals surface area contributed by atoms with E-state index in [2.05, 4.69) is 25.0 Å². The van der Waals surface area contributed by atoms with Gasteiger partial charge in [0, 0.05) is 23.7 Å². The quantitative estimate of drug-likeness (QED) is 0.887. The second-order valence-electron chi connectivity index (χ2n) is 4.98. The van der Waals surface area contributed by atoms with Crippen LogP contribution in [-0.2, 0) is 25.8 Å². The summed E-state index contributed by atoms with van der Waals surface area (Å²) in [4.78, 5) is 0. The lowest BCUT2D eigenvalue weighted by Crippen LogP contribution is -2.16. The standard InChI is InChI=1S/C16H21ClN2O/c1-3-14-10-15(19(4-2)18-14)11-16(20)9-12-5-7-13(17)8-6-12/h5-8,10,16,20H,3-4,9,11H2,1-2H3. The molecule has 108 valence electrons. The summed E-state index contributed by atoms with van der Waals surface area (Å²) < 4.78 is 1.98. The van der Waals surface area contributed by atoms with Crippen molar-refractivity contribution in [1.82, 2.24) is 9.78 Å². The zero-order chi connectivity index (χ0) is 14.5.